The van der Waals surface area contributed by atoms with Crippen molar-refractivity contribution < 1.29 is 14.4 Å². The molecule has 2 aliphatic rings. The number of piperidine rings is 1. The molecule has 2 amide bonds. The number of anilines is 1. The molecule has 1 atom stereocenters. The second-order valence-corrected chi connectivity index (χ2v) is 7.45. The van der Waals surface area contributed by atoms with Gasteiger partial charge in [-0.05, 0) is 57.2 Å². The highest BCUT2D eigenvalue weighted by atomic mass is 16.2. The summed E-state index contributed by atoms with van der Waals surface area (Å²) in [5.74, 6) is 0.615. The maximum absolute atomic E-state index is 12.3. The Bertz CT molecular complexity index is 685. The summed E-state index contributed by atoms with van der Waals surface area (Å²) in [4.78, 5) is 38.1. The van der Waals surface area contributed by atoms with Crippen LogP contribution in [0.2, 0.25) is 0 Å². The zero-order valence-electron chi connectivity index (χ0n) is 15.3. The monoisotopic (exact) mass is 357 g/mol. The Morgan fingerprint density at radius 1 is 1.19 bits per heavy atom. The Kier molecular flexibility index (Phi) is 6.04. The smallest absolute Gasteiger partial charge is 0.238 e. The molecule has 1 aliphatic carbocycles. The van der Waals surface area contributed by atoms with Gasteiger partial charge in [0.2, 0.25) is 11.8 Å². The maximum atomic E-state index is 12.3. The molecular formula is C20H27N3O3. The highest BCUT2D eigenvalue weighted by Crippen LogP contribution is 2.28. The fourth-order valence-corrected chi connectivity index (χ4v) is 3.34. The third-order valence-electron chi connectivity index (χ3n) is 5.06. The first kappa shape index (κ1) is 18.6. The predicted molar refractivity (Wildman–Crippen MR) is 100.0 cm³/mol. The van der Waals surface area contributed by atoms with E-state index in [0.29, 0.717) is 23.7 Å². The van der Waals surface area contributed by atoms with Gasteiger partial charge in [0.15, 0.2) is 5.78 Å². The fourth-order valence-electron chi connectivity index (χ4n) is 3.34. The summed E-state index contributed by atoms with van der Waals surface area (Å²) >= 11 is 0. The van der Waals surface area contributed by atoms with Crippen LogP contribution in [-0.2, 0) is 9.59 Å². The minimum absolute atomic E-state index is 0.0304. The molecule has 0 spiro atoms. The molecule has 6 nitrogen and oxygen atoms in total. The lowest BCUT2D eigenvalue weighted by molar-refractivity contribution is -0.128. The van der Waals surface area contributed by atoms with Gasteiger partial charge >= 0.3 is 0 Å². The van der Waals surface area contributed by atoms with E-state index >= 15 is 0 Å². The van der Waals surface area contributed by atoms with Crippen LogP contribution in [0.5, 0.6) is 0 Å². The lowest BCUT2D eigenvalue weighted by Crippen LogP contribution is -2.45. The number of carbonyl (C=O) groups excluding carboxylic acids is 3. The fraction of sp³-hybridized carbons (Fsp3) is 0.550. The van der Waals surface area contributed by atoms with Gasteiger partial charge in [-0.2, -0.15) is 0 Å². The van der Waals surface area contributed by atoms with Gasteiger partial charge < -0.3 is 10.6 Å². The maximum Gasteiger partial charge on any atom is 0.238 e. The SMILES string of the molecule is CC(=O)c1cccc(NC(=O)CN2CCCC(C(=O)NCC3CC3)C2)c1. The second-order valence-electron chi connectivity index (χ2n) is 7.45. The molecule has 140 valence electrons. The summed E-state index contributed by atoms with van der Waals surface area (Å²) in [6.07, 6.45) is 4.26. The Labute approximate surface area is 154 Å². The van der Waals surface area contributed by atoms with E-state index in [1.165, 1.54) is 19.8 Å². The molecule has 1 aliphatic heterocycles. The van der Waals surface area contributed by atoms with Crippen LogP contribution < -0.4 is 10.6 Å². The van der Waals surface area contributed by atoms with E-state index in [1.54, 1.807) is 24.3 Å². The van der Waals surface area contributed by atoms with Crippen LogP contribution in [0.15, 0.2) is 24.3 Å². The Morgan fingerprint density at radius 3 is 2.73 bits per heavy atom. The number of Topliss-reactive ketones (excluding diaryl/α,β-unsaturated/α-hetero) is 1. The molecule has 3 rings (SSSR count). The van der Waals surface area contributed by atoms with Gasteiger partial charge in [0, 0.05) is 24.3 Å². The summed E-state index contributed by atoms with van der Waals surface area (Å²) in [6, 6.07) is 6.94. The van der Waals surface area contributed by atoms with E-state index in [9.17, 15) is 14.4 Å². The first-order chi connectivity index (χ1) is 12.5. The zero-order valence-corrected chi connectivity index (χ0v) is 15.3. The highest BCUT2D eigenvalue weighted by Gasteiger charge is 2.28. The minimum atomic E-state index is -0.121. The third-order valence-corrected chi connectivity index (χ3v) is 5.06. The van der Waals surface area contributed by atoms with Crippen LogP contribution in [0.4, 0.5) is 5.69 Å². The number of nitrogens with zero attached hydrogens (tertiary/aromatic N) is 1. The third kappa shape index (κ3) is 5.39. The van der Waals surface area contributed by atoms with Gasteiger partial charge in [-0.3, -0.25) is 19.3 Å². The summed E-state index contributed by atoms with van der Waals surface area (Å²) in [5.41, 5.74) is 1.20. The summed E-state index contributed by atoms with van der Waals surface area (Å²) in [7, 11) is 0. The number of benzene rings is 1. The number of ketones is 1. The van der Waals surface area contributed by atoms with Gasteiger partial charge in [-0.1, -0.05) is 12.1 Å². The normalized spacial score (nSPS) is 20.4. The average Bonchev–Trinajstić information content (AvgIpc) is 3.44. The molecule has 0 radical (unpaired) electrons. The largest absolute Gasteiger partial charge is 0.356 e. The minimum Gasteiger partial charge on any atom is -0.356 e. The van der Waals surface area contributed by atoms with Crippen molar-refractivity contribution >= 4 is 23.3 Å². The van der Waals surface area contributed by atoms with Gasteiger partial charge in [-0.25, -0.2) is 0 Å². The van der Waals surface area contributed by atoms with E-state index in [2.05, 4.69) is 10.6 Å². The van der Waals surface area contributed by atoms with Crippen molar-refractivity contribution in [2.45, 2.75) is 32.6 Å². The molecule has 26 heavy (non-hydrogen) atoms. The number of carbonyl (C=O) groups is 3. The molecule has 1 unspecified atom stereocenters. The molecule has 1 saturated carbocycles. The number of rotatable bonds is 7. The van der Waals surface area contributed by atoms with Crippen LogP contribution in [0, 0.1) is 11.8 Å². The molecule has 1 saturated heterocycles. The number of hydrogen-bond acceptors (Lipinski definition) is 4. The summed E-state index contributed by atoms with van der Waals surface area (Å²) in [5, 5.41) is 5.89. The molecule has 1 aromatic carbocycles. The van der Waals surface area contributed by atoms with Crippen molar-refractivity contribution in [2.75, 3.05) is 31.5 Å². The highest BCUT2D eigenvalue weighted by molar-refractivity contribution is 5.97. The first-order valence-corrected chi connectivity index (χ1v) is 9.42. The van der Waals surface area contributed by atoms with E-state index in [-0.39, 0.29) is 30.1 Å². The zero-order chi connectivity index (χ0) is 18.5. The number of nitrogens with one attached hydrogen (secondary N) is 2. The summed E-state index contributed by atoms with van der Waals surface area (Å²) < 4.78 is 0. The van der Waals surface area contributed by atoms with Crippen molar-refractivity contribution in [2.24, 2.45) is 11.8 Å². The molecule has 2 fully saturated rings. The van der Waals surface area contributed by atoms with E-state index in [4.69, 9.17) is 0 Å². The quantitative estimate of drug-likeness (QED) is 0.732. The molecule has 0 bridgehead atoms. The molecule has 2 N–H and O–H groups in total. The number of amides is 2. The summed E-state index contributed by atoms with van der Waals surface area (Å²) in [6.45, 7) is 4.01. The average molecular weight is 357 g/mol. The van der Waals surface area contributed by atoms with Gasteiger partial charge in [-0.15, -0.1) is 0 Å². The van der Waals surface area contributed by atoms with Crippen LogP contribution in [0.1, 0.15) is 43.0 Å². The standard InChI is InChI=1S/C20H27N3O3/c1-14(24)16-4-2-6-18(10-16)22-19(25)13-23-9-3-5-17(12-23)20(26)21-11-15-7-8-15/h2,4,6,10,15,17H,3,5,7-9,11-13H2,1H3,(H,21,26)(H,22,25). The van der Waals surface area contributed by atoms with Crippen molar-refractivity contribution in [1.82, 2.24) is 10.2 Å². The van der Waals surface area contributed by atoms with E-state index in [0.717, 1.165) is 25.9 Å². The van der Waals surface area contributed by atoms with Gasteiger partial charge in [0.05, 0.1) is 12.5 Å². The van der Waals surface area contributed by atoms with Crippen LogP contribution in [-0.4, -0.2) is 48.7 Å². The number of likely N-dealkylation sites (tertiary alicyclic amines) is 1. The first-order valence-electron chi connectivity index (χ1n) is 9.42. The molecule has 6 heteroatoms. The van der Waals surface area contributed by atoms with Crippen molar-refractivity contribution in [1.29, 1.82) is 0 Å². The Morgan fingerprint density at radius 2 is 2.00 bits per heavy atom. The Balaban J connectivity index is 1.48. The predicted octanol–water partition coefficient (Wildman–Crippen LogP) is 2.07. The van der Waals surface area contributed by atoms with Crippen molar-refractivity contribution in [3.63, 3.8) is 0 Å². The lowest BCUT2D eigenvalue weighted by Gasteiger charge is -2.31. The van der Waals surface area contributed by atoms with Crippen molar-refractivity contribution in [3.05, 3.63) is 29.8 Å². The van der Waals surface area contributed by atoms with Gasteiger partial charge in [0.1, 0.15) is 0 Å². The lowest BCUT2D eigenvalue weighted by atomic mass is 9.97. The molecular weight excluding hydrogens is 330 g/mol. The molecule has 1 aromatic rings. The van der Waals surface area contributed by atoms with Crippen LogP contribution in [0.25, 0.3) is 0 Å². The topological polar surface area (TPSA) is 78.5 Å². The molecule has 1 heterocycles. The van der Waals surface area contributed by atoms with Crippen LogP contribution >= 0.6 is 0 Å². The Hall–Kier alpha value is -2.21. The number of hydrogen-bond donors (Lipinski definition) is 2. The van der Waals surface area contributed by atoms with Crippen LogP contribution in [0.3, 0.4) is 0 Å². The van der Waals surface area contributed by atoms with E-state index in [1.807, 2.05) is 4.90 Å². The van der Waals surface area contributed by atoms with E-state index < -0.39 is 0 Å². The van der Waals surface area contributed by atoms with Crippen molar-refractivity contribution in [3.8, 4) is 0 Å². The molecule has 0 aromatic heterocycles. The van der Waals surface area contributed by atoms with Gasteiger partial charge in [0.25, 0.3) is 0 Å². The second kappa shape index (κ2) is 8.45.